The molecule has 11 heteroatoms. The fourth-order valence-electron chi connectivity index (χ4n) is 3.92. The second kappa shape index (κ2) is 9.65. The van der Waals surface area contributed by atoms with E-state index in [1.54, 1.807) is 39.0 Å². The van der Waals surface area contributed by atoms with Gasteiger partial charge in [0, 0.05) is 15.7 Å². The molecule has 0 aromatic heterocycles. The molecule has 0 saturated heterocycles. The van der Waals surface area contributed by atoms with Crippen LogP contribution in [0, 0.1) is 0 Å². The van der Waals surface area contributed by atoms with Crippen LogP contribution in [0.15, 0.2) is 45.5 Å². The second-order valence-electron chi connectivity index (χ2n) is 6.96. The number of anilines is 1. The number of hydrogen-bond donors (Lipinski definition) is 2. The third-order valence-corrected chi connectivity index (χ3v) is 5.55. The Morgan fingerprint density at radius 3 is 2.24 bits per heavy atom. The number of carbonyl (C=O) groups excluding carboxylic acids is 4. The molecule has 10 nitrogen and oxygen atoms in total. The molecule has 0 radical (unpaired) electrons. The minimum absolute atomic E-state index is 0.0210. The zero-order valence-electron chi connectivity index (χ0n) is 18.3. The zero-order valence-corrected chi connectivity index (χ0v) is 19.9. The van der Waals surface area contributed by atoms with Gasteiger partial charge in [-0.15, -0.1) is 0 Å². The maximum Gasteiger partial charge on any atom is 0.341 e. The Hall–Kier alpha value is -3.34. The topological polar surface area (TPSA) is 143 Å². The summed E-state index contributed by atoms with van der Waals surface area (Å²) >= 11 is 3.36. The maximum atomic E-state index is 13.6. The molecule has 33 heavy (non-hydrogen) atoms. The van der Waals surface area contributed by atoms with Crippen LogP contribution in [0.3, 0.4) is 0 Å². The van der Waals surface area contributed by atoms with Crippen LogP contribution in [0.5, 0.6) is 0 Å². The number of fused-ring (bicyclic) bond motifs is 2. The number of esters is 3. The molecule has 0 aliphatic carbocycles. The first kappa shape index (κ1) is 24.3. The highest BCUT2D eigenvalue weighted by molar-refractivity contribution is 9.10. The van der Waals surface area contributed by atoms with E-state index in [-0.39, 0.29) is 42.3 Å². The van der Waals surface area contributed by atoms with E-state index in [1.165, 1.54) is 0 Å². The molecule has 0 saturated carbocycles. The molecule has 2 heterocycles. The Morgan fingerprint density at radius 2 is 1.64 bits per heavy atom. The molecular formula is C22H23BrN2O8. The molecule has 1 spiro atoms. The molecule has 1 aromatic rings. The number of hydrogen-bond acceptors (Lipinski definition) is 9. The fraction of sp³-hybridized carbons (Fsp3) is 0.364. The van der Waals surface area contributed by atoms with E-state index in [0.29, 0.717) is 10.2 Å². The van der Waals surface area contributed by atoms with Crippen LogP contribution < -0.4 is 11.1 Å². The molecule has 1 aromatic carbocycles. The van der Waals surface area contributed by atoms with E-state index >= 15 is 0 Å². The minimum atomic E-state index is -2.07. The SMILES string of the molecule is CCOC(=O)CC1=C(C(=O)OCC)C2(C(=O)Nc3ccc(Br)cc32)C(C(=O)OCC)=C(N)O1. The molecule has 176 valence electrons. The van der Waals surface area contributed by atoms with Crippen LogP contribution >= 0.6 is 15.9 Å². The van der Waals surface area contributed by atoms with E-state index < -0.39 is 41.5 Å². The Labute approximate surface area is 198 Å². The largest absolute Gasteiger partial charge is 0.466 e. The molecule has 2 aliphatic heterocycles. The Kier molecular flexibility index (Phi) is 7.11. The number of nitrogens with one attached hydrogen (secondary N) is 1. The van der Waals surface area contributed by atoms with Gasteiger partial charge in [0.05, 0.1) is 19.8 Å². The lowest BCUT2D eigenvalue weighted by Gasteiger charge is -2.36. The van der Waals surface area contributed by atoms with Gasteiger partial charge in [-0.05, 0) is 39.0 Å². The highest BCUT2D eigenvalue weighted by Gasteiger charge is 2.62. The lowest BCUT2D eigenvalue weighted by Crippen LogP contribution is -2.49. The maximum absolute atomic E-state index is 13.6. The number of amides is 1. The van der Waals surface area contributed by atoms with Crippen molar-refractivity contribution in [2.45, 2.75) is 32.6 Å². The Balaban J connectivity index is 2.40. The highest BCUT2D eigenvalue weighted by Crippen LogP contribution is 2.53. The first-order valence-electron chi connectivity index (χ1n) is 10.2. The predicted octanol–water partition coefficient (Wildman–Crippen LogP) is 2.17. The predicted molar refractivity (Wildman–Crippen MR) is 118 cm³/mol. The van der Waals surface area contributed by atoms with E-state index in [2.05, 4.69) is 21.2 Å². The van der Waals surface area contributed by atoms with Gasteiger partial charge in [0.15, 0.2) is 0 Å². The van der Waals surface area contributed by atoms with Gasteiger partial charge in [-0.3, -0.25) is 9.59 Å². The molecular weight excluding hydrogens is 500 g/mol. The number of rotatable bonds is 7. The van der Waals surface area contributed by atoms with Gasteiger partial charge in [-0.2, -0.15) is 0 Å². The van der Waals surface area contributed by atoms with Gasteiger partial charge >= 0.3 is 17.9 Å². The monoisotopic (exact) mass is 522 g/mol. The van der Waals surface area contributed by atoms with Gasteiger partial charge in [0.2, 0.25) is 11.8 Å². The van der Waals surface area contributed by atoms with Crippen LogP contribution in [0.1, 0.15) is 32.8 Å². The summed E-state index contributed by atoms with van der Waals surface area (Å²) in [5, 5.41) is 2.69. The first-order valence-corrected chi connectivity index (χ1v) is 11.0. The van der Waals surface area contributed by atoms with Gasteiger partial charge in [-0.25, -0.2) is 9.59 Å². The number of carbonyl (C=O) groups is 4. The molecule has 3 rings (SSSR count). The number of nitrogens with two attached hydrogens (primary N) is 1. The minimum Gasteiger partial charge on any atom is -0.466 e. The van der Waals surface area contributed by atoms with Crippen LogP contribution in [0.2, 0.25) is 0 Å². The third-order valence-electron chi connectivity index (χ3n) is 5.05. The third kappa shape index (κ3) is 4.08. The number of benzene rings is 1. The van der Waals surface area contributed by atoms with E-state index in [1.807, 2.05) is 0 Å². The van der Waals surface area contributed by atoms with Crippen molar-refractivity contribution in [3.8, 4) is 0 Å². The second-order valence-corrected chi connectivity index (χ2v) is 7.87. The zero-order chi connectivity index (χ0) is 24.3. The Bertz CT molecular complexity index is 1090. The summed E-state index contributed by atoms with van der Waals surface area (Å²) in [5.41, 5.74) is 3.93. The average Bonchev–Trinajstić information content (AvgIpc) is 3.00. The standard InChI is InChI=1S/C22H23BrN2O8/c1-4-30-15(26)10-14-16(19(27)31-5-2)22(17(18(24)33-14)20(28)32-6-3)12-9-11(23)7-8-13(12)25-21(22)29/h7-9H,4-6,10,24H2,1-3H3,(H,25,29). The van der Waals surface area contributed by atoms with Crippen molar-refractivity contribution in [3.63, 3.8) is 0 Å². The molecule has 2 aliphatic rings. The van der Waals surface area contributed by atoms with Crippen molar-refractivity contribution >= 4 is 45.4 Å². The lowest BCUT2D eigenvalue weighted by atomic mass is 9.67. The van der Waals surface area contributed by atoms with Crippen molar-refractivity contribution in [2.75, 3.05) is 25.1 Å². The summed E-state index contributed by atoms with van der Waals surface area (Å²) in [6.07, 6.45) is -0.517. The van der Waals surface area contributed by atoms with Gasteiger partial charge < -0.3 is 30.0 Å². The van der Waals surface area contributed by atoms with Crippen LogP contribution in [-0.4, -0.2) is 43.6 Å². The number of ether oxygens (including phenoxy) is 4. The fourth-order valence-corrected chi connectivity index (χ4v) is 4.28. The molecule has 0 bridgehead atoms. The van der Waals surface area contributed by atoms with Crippen molar-refractivity contribution in [1.29, 1.82) is 0 Å². The molecule has 0 fully saturated rings. The van der Waals surface area contributed by atoms with Crippen molar-refractivity contribution < 1.29 is 38.1 Å². The van der Waals surface area contributed by atoms with Crippen molar-refractivity contribution in [1.82, 2.24) is 0 Å². The summed E-state index contributed by atoms with van der Waals surface area (Å²) < 4.78 is 21.5. The summed E-state index contributed by atoms with van der Waals surface area (Å²) in [6.45, 7) is 4.81. The summed E-state index contributed by atoms with van der Waals surface area (Å²) in [5.74, 6) is -4.08. The van der Waals surface area contributed by atoms with E-state index in [9.17, 15) is 19.2 Å². The molecule has 1 atom stereocenters. The summed E-state index contributed by atoms with van der Waals surface area (Å²) in [7, 11) is 0. The average molecular weight is 523 g/mol. The van der Waals surface area contributed by atoms with E-state index in [0.717, 1.165) is 0 Å². The smallest absolute Gasteiger partial charge is 0.341 e. The summed E-state index contributed by atoms with van der Waals surface area (Å²) in [6, 6.07) is 4.86. The molecule has 1 amide bonds. The van der Waals surface area contributed by atoms with Crippen LogP contribution in [-0.2, 0) is 43.5 Å². The van der Waals surface area contributed by atoms with Gasteiger partial charge in [0.1, 0.15) is 28.7 Å². The quantitative estimate of drug-likeness (QED) is 0.406. The number of halogens is 1. The lowest BCUT2D eigenvalue weighted by molar-refractivity contribution is -0.143. The van der Waals surface area contributed by atoms with Gasteiger partial charge in [-0.1, -0.05) is 15.9 Å². The highest BCUT2D eigenvalue weighted by atomic mass is 79.9. The summed E-state index contributed by atoms with van der Waals surface area (Å²) in [4.78, 5) is 52.3. The van der Waals surface area contributed by atoms with E-state index in [4.69, 9.17) is 24.7 Å². The molecule has 1 unspecified atom stereocenters. The van der Waals surface area contributed by atoms with Gasteiger partial charge in [0.25, 0.3) is 0 Å². The molecule has 3 N–H and O–H groups in total. The normalized spacial score (nSPS) is 19.1. The van der Waals surface area contributed by atoms with Crippen molar-refractivity contribution in [3.05, 3.63) is 51.0 Å². The van der Waals surface area contributed by atoms with Crippen LogP contribution in [0.25, 0.3) is 0 Å². The van der Waals surface area contributed by atoms with Crippen molar-refractivity contribution in [2.24, 2.45) is 5.73 Å². The van der Waals surface area contributed by atoms with Crippen LogP contribution in [0.4, 0.5) is 5.69 Å². The Morgan fingerprint density at radius 1 is 1.03 bits per heavy atom. The first-order chi connectivity index (χ1) is 15.7.